The summed E-state index contributed by atoms with van der Waals surface area (Å²) in [6.07, 6.45) is 5.64. The second-order valence-corrected chi connectivity index (χ2v) is 5.91. The SMILES string of the molecule is NCC(=O)NCC(=O)Nc1ccc(C(=O)NC2CCCCC2)cc1. The maximum atomic E-state index is 12.2. The molecule has 7 nitrogen and oxygen atoms in total. The smallest absolute Gasteiger partial charge is 0.251 e. The van der Waals surface area contributed by atoms with Crippen LogP contribution in [-0.4, -0.2) is 36.9 Å². The van der Waals surface area contributed by atoms with E-state index < -0.39 is 0 Å². The molecule has 0 heterocycles. The van der Waals surface area contributed by atoms with Crippen LogP contribution in [0.4, 0.5) is 5.69 Å². The van der Waals surface area contributed by atoms with Gasteiger partial charge in [0.25, 0.3) is 5.91 Å². The highest BCUT2D eigenvalue weighted by molar-refractivity contribution is 5.97. The van der Waals surface area contributed by atoms with Crippen molar-refractivity contribution in [3.05, 3.63) is 29.8 Å². The molecule has 3 amide bonds. The fraction of sp³-hybridized carbons (Fsp3) is 0.471. The van der Waals surface area contributed by atoms with E-state index in [9.17, 15) is 14.4 Å². The largest absolute Gasteiger partial charge is 0.349 e. The van der Waals surface area contributed by atoms with Crippen LogP contribution in [0.5, 0.6) is 0 Å². The van der Waals surface area contributed by atoms with Crippen molar-refractivity contribution in [2.75, 3.05) is 18.4 Å². The first-order chi connectivity index (χ1) is 11.6. The number of nitrogens with one attached hydrogen (secondary N) is 3. The third kappa shape index (κ3) is 5.66. The van der Waals surface area contributed by atoms with Gasteiger partial charge in [-0.3, -0.25) is 14.4 Å². The first kappa shape index (κ1) is 17.9. The molecule has 0 spiro atoms. The molecule has 2 rings (SSSR count). The van der Waals surface area contributed by atoms with E-state index in [4.69, 9.17) is 5.73 Å². The van der Waals surface area contributed by atoms with E-state index in [-0.39, 0.29) is 36.9 Å². The highest BCUT2D eigenvalue weighted by atomic mass is 16.2. The van der Waals surface area contributed by atoms with Gasteiger partial charge < -0.3 is 21.7 Å². The number of hydrogen-bond acceptors (Lipinski definition) is 4. The van der Waals surface area contributed by atoms with E-state index in [1.807, 2.05) is 0 Å². The predicted octanol–water partition coefficient (Wildman–Crippen LogP) is 0.762. The molecule has 1 aliphatic carbocycles. The lowest BCUT2D eigenvalue weighted by molar-refractivity contribution is -0.123. The molecule has 0 saturated heterocycles. The van der Waals surface area contributed by atoms with E-state index in [2.05, 4.69) is 16.0 Å². The summed E-state index contributed by atoms with van der Waals surface area (Å²) in [4.78, 5) is 34.9. The number of carbonyl (C=O) groups excluding carboxylic acids is 3. The van der Waals surface area contributed by atoms with Gasteiger partial charge in [0.05, 0.1) is 13.1 Å². The number of benzene rings is 1. The summed E-state index contributed by atoms with van der Waals surface area (Å²) in [6, 6.07) is 6.94. The highest BCUT2D eigenvalue weighted by Crippen LogP contribution is 2.18. The van der Waals surface area contributed by atoms with Crippen molar-refractivity contribution in [3.63, 3.8) is 0 Å². The van der Waals surface area contributed by atoms with Crippen LogP contribution in [-0.2, 0) is 9.59 Å². The van der Waals surface area contributed by atoms with E-state index in [0.29, 0.717) is 11.3 Å². The third-order valence-electron chi connectivity index (χ3n) is 4.00. The van der Waals surface area contributed by atoms with Gasteiger partial charge in [-0.25, -0.2) is 0 Å². The average Bonchev–Trinajstić information content (AvgIpc) is 2.61. The lowest BCUT2D eigenvalue weighted by Gasteiger charge is -2.22. The number of amides is 3. The topological polar surface area (TPSA) is 113 Å². The highest BCUT2D eigenvalue weighted by Gasteiger charge is 2.16. The molecule has 1 aromatic rings. The van der Waals surface area contributed by atoms with Crippen molar-refractivity contribution in [2.24, 2.45) is 5.73 Å². The van der Waals surface area contributed by atoms with Crippen LogP contribution in [0.3, 0.4) is 0 Å². The molecule has 1 fully saturated rings. The molecule has 0 radical (unpaired) electrons. The van der Waals surface area contributed by atoms with Crippen LogP contribution < -0.4 is 21.7 Å². The quantitative estimate of drug-likeness (QED) is 0.616. The molecule has 0 aliphatic heterocycles. The minimum Gasteiger partial charge on any atom is -0.349 e. The summed E-state index contributed by atoms with van der Waals surface area (Å²) in [7, 11) is 0. The summed E-state index contributed by atoms with van der Waals surface area (Å²) in [5, 5.41) is 8.08. The maximum absolute atomic E-state index is 12.2. The van der Waals surface area contributed by atoms with Crippen LogP contribution in [0.2, 0.25) is 0 Å². The van der Waals surface area contributed by atoms with E-state index in [0.717, 1.165) is 25.7 Å². The Morgan fingerprint density at radius 1 is 1.00 bits per heavy atom. The van der Waals surface area contributed by atoms with Crippen LogP contribution in [0.1, 0.15) is 42.5 Å². The molecule has 7 heteroatoms. The number of carbonyl (C=O) groups is 3. The zero-order chi connectivity index (χ0) is 17.4. The van der Waals surface area contributed by atoms with Crippen LogP contribution in [0.25, 0.3) is 0 Å². The van der Waals surface area contributed by atoms with Gasteiger partial charge in [-0.1, -0.05) is 19.3 Å². The maximum Gasteiger partial charge on any atom is 0.251 e. The lowest BCUT2D eigenvalue weighted by Crippen LogP contribution is -2.36. The zero-order valence-corrected chi connectivity index (χ0v) is 13.6. The summed E-state index contributed by atoms with van der Waals surface area (Å²) in [6.45, 7) is -0.294. The summed E-state index contributed by atoms with van der Waals surface area (Å²) in [5.74, 6) is -0.828. The molecule has 0 atom stereocenters. The Morgan fingerprint density at radius 3 is 2.29 bits per heavy atom. The Kier molecular flexibility index (Phi) is 6.74. The Morgan fingerprint density at radius 2 is 1.67 bits per heavy atom. The van der Waals surface area contributed by atoms with Gasteiger partial charge in [0, 0.05) is 17.3 Å². The van der Waals surface area contributed by atoms with Crippen molar-refractivity contribution in [1.82, 2.24) is 10.6 Å². The number of rotatable bonds is 6. The fourth-order valence-electron chi connectivity index (χ4n) is 2.68. The standard InChI is InChI=1S/C17H24N4O3/c18-10-15(22)19-11-16(23)20-14-8-6-12(7-9-14)17(24)21-13-4-2-1-3-5-13/h6-9,13H,1-5,10-11,18H2,(H,19,22)(H,20,23)(H,21,24). The summed E-state index contributed by atoms with van der Waals surface area (Å²) < 4.78 is 0. The van der Waals surface area contributed by atoms with Gasteiger partial charge in [-0.05, 0) is 37.1 Å². The monoisotopic (exact) mass is 332 g/mol. The molecule has 1 aliphatic rings. The van der Waals surface area contributed by atoms with Gasteiger partial charge >= 0.3 is 0 Å². The van der Waals surface area contributed by atoms with Crippen molar-refractivity contribution >= 4 is 23.4 Å². The Bertz CT molecular complexity index is 580. The van der Waals surface area contributed by atoms with Crippen molar-refractivity contribution < 1.29 is 14.4 Å². The summed E-state index contributed by atoms with van der Waals surface area (Å²) in [5.41, 5.74) is 6.27. The van der Waals surface area contributed by atoms with Crippen molar-refractivity contribution in [3.8, 4) is 0 Å². The first-order valence-corrected chi connectivity index (χ1v) is 8.26. The molecule has 1 aromatic carbocycles. The van der Waals surface area contributed by atoms with E-state index in [1.165, 1.54) is 6.42 Å². The molecule has 0 bridgehead atoms. The zero-order valence-electron chi connectivity index (χ0n) is 13.6. The first-order valence-electron chi connectivity index (χ1n) is 8.26. The molecule has 130 valence electrons. The predicted molar refractivity (Wildman–Crippen MR) is 91.5 cm³/mol. The molecular formula is C17H24N4O3. The number of hydrogen-bond donors (Lipinski definition) is 4. The average molecular weight is 332 g/mol. The molecule has 0 aromatic heterocycles. The summed E-state index contributed by atoms with van der Waals surface area (Å²) >= 11 is 0. The fourth-order valence-corrected chi connectivity index (χ4v) is 2.68. The minimum atomic E-state index is -0.389. The van der Waals surface area contributed by atoms with Crippen LogP contribution in [0, 0.1) is 0 Å². The molecule has 5 N–H and O–H groups in total. The molecule has 0 unspecified atom stereocenters. The van der Waals surface area contributed by atoms with Gasteiger partial charge in [0.2, 0.25) is 11.8 Å². The normalized spacial score (nSPS) is 14.7. The van der Waals surface area contributed by atoms with Crippen LogP contribution >= 0.6 is 0 Å². The Labute approximate surface area is 141 Å². The van der Waals surface area contributed by atoms with Gasteiger partial charge in [0.15, 0.2) is 0 Å². The molecular weight excluding hydrogens is 308 g/mol. The number of anilines is 1. The van der Waals surface area contributed by atoms with Crippen molar-refractivity contribution in [2.45, 2.75) is 38.1 Å². The van der Waals surface area contributed by atoms with E-state index in [1.54, 1.807) is 24.3 Å². The van der Waals surface area contributed by atoms with Gasteiger partial charge in [-0.15, -0.1) is 0 Å². The second-order valence-electron chi connectivity index (χ2n) is 5.91. The lowest BCUT2D eigenvalue weighted by atomic mass is 9.95. The molecule has 1 saturated carbocycles. The van der Waals surface area contributed by atoms with Gasteiger partial charge in [-0.2, -0.15) is 0 Å². The van der Waals surface area contributed by atoms with Crippen molar-refractivity contribution in [1.29, 1.82) is 0 Å². The Balaban J connectivity index is 1.82. The number of nitrogens with two attached hydrogens (primary N) is 1. The minimum absolute atomic E-state index is 0.0880. The second kappa shape index (κ2) is 9.02. The van der Waals surface area contributed by atoms with Gasteiger partial charge in [0.1, 0.15) is 0 Å². The third-order valence-corrected chi connectivity index (χ3v) is 4.00. The molecule has 24 heavy (non-hydrogen) atoms. The van der Waals surface area contributed by atoms with E-state index >= 15 is 0 Å². The Hall–Kier alpha value is -2.41. The van der Waals surface area contributed by atoms with Crippen LogP contribution in [0.15, 0.2) is 24.3 Å².